The largest absolute Gasteiger partial charge is 0.493 e. The monoisotopic (exact) mass is 349 g/mol. The van der Waals surface area contributed by atoms with Gasteiger partial charge in [0.1, 0.15) is 0 Å². The van der Waals surface area contributed by atoms with E-state index in [4.69, 9.17) is 9.47 Å². The Morgan fingerprint density at radius 3 is 2.44 bits per heavy atom. The summed E-state index contributed by atoms with van der Waals surface area (Å²) >= 11 is 0. The summed E-state index contributed by atoms with van der Waals surface area (Å²) in [4.78, 5) is 34.5. The number of hydrazine groups is 1. The van der Waals surface area contributed by atoms with Gasteiger partial charge in [-0.3, -0.25) is 25.2 Å². The standard InChI is InChI=1S/C17H23N3O5/c1-5-25-14-10-12(6-8-13(14)24-4)7-9-15(21)19-20-17(23)16(22)18-11(2)3/h6-11H,5H2,1-4H3,(H,18,22)(H,19,21)(H,20,23)/b9-7+. The number of rotatable bonds is 6. The Kier molecular flexibility index (Phi) is 7.98. The molecule has 0 spiro atoms. The molecule has 1 rings (SSSR count). The van der Waals surface area contributed by atoms with Crippen LogP contribution in [0.5, 0.6) is 11.5 Å². The number of methoxy groups -OCH3 is 1. The van der Waals surface area contributed by atoms with Crippen LogP contribution in [0, 0.1) is 0 Å². The molecule has 0 aromatic heterocycles. The number of hydrogen-bond donors (Lipinski definition) is 3. The second-order valence-corrected chi connectivity index (χ2v) is 5.25. The number of amides is 3. The number of nitrogens with one attached hydrogen (secondary N) is 3. The van der Waals surface area contributed by atoms with Crippen molar-refractivity contribution in [2.24, 2.45) is 0 Å². The lowest BCUT2D eigenvalue weighted by molar-refractivity contribution is -0.140. The Bertz CT molecular complexity index is 656. The van der Waals surface area contributed by atoms with Crippen molar-refractivity contribution in [3.63, 3.8) is 0 Å². The maximum atomic E-state index is 11.7. The molecule has 0 heterocycles. The van der Waals surface area contributed by atoms with Crippen molar-refractivity contribution in [3.05, 3.63) is 29.8 Å². The van der Waals surface area contributed by atoms with Gasteiger partial charge in [-0.2, -0.15) is 0 Å². The predicted molar refractivity (Wildman–Crippen MR) is 92.8 cm³/mol. The molecule has 0 saturated carbocycles. The zero-order chi connectivity index (χ0) is 18.8. The van der Waals surface area contributed by atoms with Crippen molar-refractivity contribution in [1.82, 2.24) is 16.2 Å². The molecular formula is C17H23N3O5. The minimum atomic E-state index is -0.946. The van der Waals surface area contributed by atoms with E-state index in [1.54, 1.807) is 39.2 Å². The van der Waals surface area contributed by atoms with Crippen molar-refractivity contribution >= 4 is 23.8 Å². The minimum absolute atomic E-state index is 0.177. The van der Waals surface area contributed by atoms with Gasteiger partial charge in [0.25, 0.3) is 5.91 Å². The molecule has 0 bridgehead atoms. The SMILES string of the molecule is CCOc1cc(/C=C/C(=O)NNC(=O)C(=O)NC(C)C)ccc1OC. The fraction of sp³-hybridized carbons (Fsp3) is 0.353. The molecule has 0 aliphatic carbocycles. The molecule has 0 saturated heterocycles. The third-order valence-corrected chi connectivity index (χ3v) is 2.84. The van der Waals surface area contributed by atoms with Crippen LogP contribution in [0.2, 0.25) is 0 Å². The summed E-state index contributed by atoms with van der Waals surface area (Å²) < 4.78 is 10.6. The Hall–Kier alpha value is -3.03. The highest BCUT2D eigenvalue weighted by Crippen LogP contribution is 2.28. The molecule has 0 radical (unpaired) electrons. The van der Waals surface area contributed by atoms with Crippen molar-refractivity contribution in [2.75, 3.05) is 13.7 Å². The molecule has 1 aromatic rings. The van der Waals surface area contributed by atoms with Crippen molar-refractivity contribution in [3.8, 4) is 11.5 Å². The molecule has 3 amide bonds. The molecule has 3 N–H and O–H groups in total. The summed E-state index contributed by atoms with van der Waals surface area (Å²) in [5.74, 6) is -1.20. The van der Waals surface area contributed by atoms with Crippen LogP contribution < -0.4 is 25.6 Å². The van der Waals surface area contributed by atoms with E-state index in [-0.39, 0.29) is 6.04 Å². The van der Waals surface area contributed by atoms with E-state index in [0.29, 0.717) is 23.7 Å². The lowest BCUT2D eigenvalue weighted by atomic mass is 10.2. The van der Waals surface area contributed by atoms with Gasteiger partial charge >= 0.3 is 11.8 Å². The van der Waals surface area contributed by atoms with E-state index < -0.39 is 17.7 Å². The van der Waals surface area contributed by atoms with Crippen LogP contribution in [0.25, 0.3) is 6.08 Å². The first-order chi connectivity index (χ1) is 11.9. The Balaban J connectivity index is 2.60. The zero-order valence-electron chi connectivity index (χ0n) is 14.7. The average molecular weight is 349 g/mol. The molecule has 25 heavy (non-hydrogen) atoms. The predicted octanol–water partition coefficient (Wildman–Crippen LogP) is 0.779. The van der Waals surface area contributed by atoms with E-state index in [1.807, 2.05) is 12.3 Å². The number of ether oxygens (including phenoxy) is 2. The van der Waals surface area contributed by atoms with E-state index in [1.165, 1.54) is 12.2 Å². The van der Waals surface area contributed by atoms with Crippen molar-refractivity contribution in [1.29, 1.82) is 0 Å². The van der Waals surface area contributed by atoms with Gasteiger partial charge in [-0.1, -0.05) is 6.07 Å². The first-order valence-electron chi connectivity index (χ1n) is 7.77. The Morgan fingerprint density at radius 2 is 1.84 bits per heavy atom. The third-order valence-electron chi connectivity index (χ3n) is 2.84. The van der Waals surface area contributed by atoms with Gasteiger partial charge in [0.15, 0.2) is 11.5 Å². The average Bonchev–Trinajstić information content (AvgIpc) is 2.57. The minimum Gasteiger partial charge on any atom is -0.493 e. The van der Waals surface area contributed by atoms with E-state index >= 15 is 0 Å². The summed E-state index contributed by atoms with van der Waals surface area (Å²) in [5.41, 5.74) is 4.87. The molecule has 8 nitrogen and oxygen atoms in total. The van der Waals surface area contributed by atoms with Crippen LogP contribution in [-0.4, -0.2) is 37.5 Å². The molecule has 0 atom stereocenters. The zero-order valence-corrected chi connectivity index (χ0v) is 14.7. The number of benzene rings is 1. The lowest BCUT2D eigenvalue weighted by Gasteiger charge is -2.10. The fourth-order valence-corrected chi connectivity index (χ4v) is 1.78. The summed E-state index contributed by atoms with van der Waals surface area (Å²) in [6.07, 6.45) is 2.76. The summed E-state index contributed by atoms with van der Waals surface area (Å²) in [6.45, 7) is 5.78. The number of carbonyl (C=O) groups excluding carboxylic acids is 3. The van der Waals surface area contributed by atoms with Gasteiger partial charge in [0, 0.05) is 12.1 Å². The first kappa shape index (κ1) is 20.0. The van der Waals surface area contributed by atoms with Gasteiger partial charge in [-0.15, -0.1) is 0 Å². The quantitative estimate of drug-likeness (QED) is 0.400. The smallest absolute Gasteiger partial charge is 0.327 e. The third kappa shape index (κ3) is 6.94. The van der Waals surface area contributed by atoms with Crippen molar-refractivity contribution < 1.29 is 23.9 Å². The van der Waals surface area contributed by atoms with Crippen LogP contribution in [-0.2, 0) is 14.4 Å². The maximum absolute atomic E-state index is 11.7. The molecule has 0 fully saturated rings. The van der Waals surface area contributed by atoms with E-state index in [0.717, 1.165) is 0 Å². The molecular weight excluding hydrogens is 326 g/mol. The fourth-order valence-electron chi connectivity index (χ4n) is 1.78. The molecule has 1 aromatic carbocycles. The molecule has 0 aliphatic heterocycles. The van der Waals surface area contributed by atoms with Crippen LogP contribution in [0.4, 0.5) is 0 Å². The molecule has 0 unspecified atom stereocenters. The molecule has 8 heteroatoms. The first-order valence-corrected chi connectivity index (χ1v) is 7.77. The Labute approximate surface area is 146 Å². The maximum Gasteiger partial charge on any atom is 0.327 e. The van der Waals surface area contributed by atoms with Crippen LogP contribution in [0.15, 0.2) is 24.3 Å². The molecule has 0 aliphatic rings. The topological polar surface area (TPSA) is 106 Å². The summed E-state index contributed by atoms with van der Waals surface area (Å²) in [6, 6.07) is 5.02. The highest BCUT2D eigenvalue weighted by Gasteiger charge is 2.14. The number of carbonyl (C=O) groups is 3. The summed E-state index contributed by atoms with van der Waals surface area (Å²) in [7, 11) is 1.54. The van der Waals surface area contributed by atoms with Gasteiger partial charge in [-0.05, 0) is 44.5 Å². The van der Waals surface area contributed by atoms with Gasteiger partial charge < -0.3 is 14.8 Å². The Morgan fingerprint density at radius 1 is 1.12 bits per heavy atom. The van der Waals surface area contributed by atoms with E-state index in [2.05, 4.69) is 10.7 Å². The highest BCUT2D eigenvalue weighted by atomic mass is 16.5. The normalized spacial score (nSPS) is 10.4. The lowest BCUT2D eigenvalue weighted by Crippen LogP contribution is -2.49. The van der Waals surface area contributed by atoms with Gasteiger partial charge in [0.05, 0.1) is 13.7 Å². The second-order valence-electron chi connectivity index (χ2n) is 5.25. The van der Waals surface area contributed by atoms with Crippen LogP contribution in [0.1, 0.15) is 26.3 Å². The summed E-state index contributed by atoms with van der Waals surface area (Å²) in [5, 5.41) is 2.41. The van der Waals surface area contributed by atoms with Crippen molar-refractivity contribution in [2.45, 2.75) is 26.8 Å². The molecule has 136 valence electrons. The van der Waals surface area contributed by atoms with E-state index in [9.17, 15) is 14.4 Å². The van der Waals surface area contributed by atoms with Crippen LogP contribution in [0.3, 0.4) is 0 Å². The second kappa shape index (κ2) is 9.96. The van der Waals surface area contributed by atoms with Gasteiger partial charge in [-0.25, -0.2) is 0 Å². The van der Waals surface area contributed by atoms with Crippen LogP contribution >= 0.6 is 0 Å². The van der Waals surface area contributed by atoms with Gasteiger partial charge in [0.2, 0.25) is 0 Å². The highest BCUT2D eigenvalue weighted by molar-refractivity contribution is 6.35. The number of hydrogen-bond acceptors (Lipinski definition) is 5.